The van der Waals surface area contributed by atoms with Crippen molar-refractivity contribution < 1.29 is 4.79 Å². The van der Waals surface area contributed by atoms with E-state index in [0.29, 0.717) is 33.3 Å². The Labute approximate surface area is 137 Å². The fourth-order valence-corrected chi connectivity index (χ4v) is 3.46. The summed E-state index contributed by atoms with van der Waals surface area (Å²) in [6.45, 7) is 6.81. The third-order valence-corrected chi connectivity index (χ3v) is 4.77. The zero-order chi connectivity index (χ0) is 14.4. The predicted molar refractivity (Wildman–Crippen MR) is 92.5 cm³/mol. The van der Waals surface area contributed by atoms with Gasteiger partial charge in [0.2, 0.25) is 5.91 Å². The molecule has 0 spiro atoms. The van der Waals surface area contributed by atoms with Gasteiger partial charge in [0.25, 0.3) is 0 Å². The molecule has 1 atom stereocenters. The number of thioether (sulfide) groups is 1. The molecular formula is C14H19BCl2NOS. The monoisotopic (exact) mass is 330 g/mol. The van der Waals surface area contributed by atoms with Gasteiger partial charge in [0.15, 0.2) is 0 Å². The molecule has 0 aromatic heterocycles. The highest BCUT2D eigenvalue weighted by Crippen LogP contribution is 2.36. The topological polar surface area (TPSA) is 20.3 Å². The molecule has 1 aromatic rings. The van der Waals surface area contributed by atoms with Gasteiger partial charge in [-0.3, -0.25) is 4.79 Å². The summed E-state index contributed by atoms with van der Waals surface area (Å²) in [6.07, 6.45) is 1.04. The van der Waals surface area contributed by atoms with Crippen molar-refractivity contribution in [3.63, 3.8) is 0 Å². The van der Waals surface area contributed by atoms with Gasteiger partial charge in [0.05, 0.1) is 21.5 Å². The molecule has 3 radical (unpaired) electrons. The first-order valence-corrected chi connectivity index (χ1v) is 8.30. The quantitative estimate of drug-likeness (QED) is 0.744. The molecule has 1 aliphatic rings. The third-order valence-electron chi connectivity index (χ3n) is 2.79. The Bertz CT molecular complexity index is 425. The molecule has 2 nitrogen and oxygen atoms in total. The van der Waals surface area contributed by atoms with Crippen molar-refractivity contribution in [2.45, 2.75) is 32.4 Å². The van der Waals surface area contributed by atoms with Crippen molar-refractivity contribution in [3.8, 4) is 0 Å². The van der Waals surface area contributed by atoms with Crippen molar-refractivity contribution in [2.75, 3.05) is 17.2 Å². The fraction of sp³-hybridized carbons (Fsp3) is 0.500. The number of rotatable bonds is 2. The minimum absolute atomic E-state index is 0. The first-order valence-electron chi connectivity index (χ1n) is 6.49. The second kappa shape index (κ2) is 9.59. The number of para-hydroxylation sites is 1. The van der Waals surface area contributed by atoms with Gasteiger partial charge in [-0.05, 0) is 18.6 Å². The summed E-state index contributed by atoms with van der Waals surface area (Å²) in [7, 11) is 0. The van der Waals surface area contributed by atoms with Crippen LogP contribution >= 0.6 is 35.0 Å². The fourth-order valence-electron chi connectivity index (χ4n) is 1.84. The molecule has 1 fully saturated rings. The highest BCUT2D eigenvalue weighted by Gasteiger charge is 2.28. The summed E-state index contributed by atoms with van der Waals surface area (Å²) in [6, 6.07) is 5.31. The molecule has 0 aliphatic carbocycles. The smallest absolute Gasteiger partial charge is 0.237 e. The summed E-state index contributed by atoms with van der Waals surface area (Å²) in [5.74, 6) is 0.578. The Hall–Kier alpha value is -0.315. The van der Waals surface area contributed by atoms with Crippen LogP contribution in [0.25, 0.3) is 0 Å². The first kappa shape index (κ1) is 19.7. The standard InChI is InChI=1S/C12H13Cl2NOS.C2H6.B/c1-2-8-6-15(11(16)7-17-8)12-9(13)4-3-5-10(12)14;1-2;/h3-5,8H,2,6-7H2,1H3;1-2H3;. The van der Waals surface area contributed by atoms with Crippen LogP contribution in [-0.4, -0.2) is 31.9 Å². The largest absolute Gasteiger partial charge is 0.308 e. The molecule has 0 bridgehead atoms. The van der Waals surface area contributed by atoms with Crippen LogP contribution in [0.2, 0.25) is 10.0 Å². The minimum Gasteiger partial charge on any atom is -0.308 e. The number of carbonyl (C=O) groups excluding carboxylic acids is 1. The number of amides is 1. The first-order chi connectivity index (χ1) is 9.13. The van der Waals surface area contributed by atoms with E-state index in [1.165, 1.54) is 0 Å². The van der Waals surface area contributed by atoms with Crippen molar-refractivity contribution in [1.29, 1.82) is 0 Å². The molecule has 109 valence electrons. The van der Waals surface area contributed by atoms with E-state index in [2.05, 4.69) is 6.92 Å². The Morgan fingerprint density at radius 2 is 1.85 bits per heavy atom. The lowest BCUT2D eigenvalue weighted by Gasteiger charge is -2.32. The number of nitrogens with zero attached hydrogens (tertiary/aromatic N) is 1. The van der Waals surface area contributed by atoms with Crippen LogP contribution in [-0.2, 0) is 4.79 Å². The summed E-state index contributed by atoms with van der Waals surface area (Å²) in [4.78, 5) is 13.7. The van der Waals surface area contributed by atoms with Gasteiger partial charge in [-0.25, -0.2) is 0 Å². The Morgan fingerprint density at radius 3 is 2.35 bits per heavy atom. The Morgan fingerprint density at radius 1 is 1.30 bits per heavy atom. The van der Waals surface area contributed by atoms with Crippen LogP contribution in [0.15, 0.2) is 18.2 Å². The van der Waals surface area contributed by atoms with Crippen molar-refractivity contribution in [2.24, 2.45) is 0 Å². The maximum Gasteiger partial charge on any atom is 0.237 e. The van der Waals surface area contributed by atoms with Crippen molar-refractivity contribution in [1.82, 2.24) is 0 Å². The van der Waals surface area contributed by atoms with Crippen LogP contribution in [0.1, 0.15) is 27.2 Å². The van der Waals surface area contributed by atoms with Crippen LogP contribution in [0.3, 0.4) is 0 Å². The summed E-state index contributed by atoms with van der Waals surface area (Å²) >= 11 is 14.0. The van der Waals surface area contributed by atoms with Crippen LogP contribution in [0.4, 0.5) is 5.69 Å². The van der Waals surface area contributed by atoms with Gasteiger partial charge in [-0.1, -0.05) is 50.0 Å². The van der Waals surface area contributed by atoms with E-state index in [4.69, 9.17) is 23.2 Å². The Kier molecular flexibility index (Phi) is 9.44. The molecule has 1 aromatic carbocycles. The van der Waals surface area contributed by atoms with Crippen LogP contribution in [0, 0.1) is 0 Å². The third kappa shape index (κ3) is 4.61. The lowest BCUT2D eigenvalue weighted by Crippen LogP contribution is -2.42. The molecule has 1 amide bonds. The van der Waals surface area contributed by atoms with E-state index < -0.39 is 0 Å². The highest BCUT2D eigenvalue weighted by molar-refractivity contribution is 8.00. The Balaban J connectivity index is 0.00000115. The second-order valence-corrected chi connectivity index (χ2v) is 6.02. The number of benzene rings is 1. The minimum atomic E-state index is 0. The van der Waals surface area contributed by atoms with Gasteiger partial charge < -0.3 is 4.90 Å². The molecule has 1 aliphatic heterocycles. The van der Waals surface area contributed by atoms with E-state index in [9.17, 15) is 4.79 Å². The molecule has 0 saturated carbocycles. The molecule has 1 heterocycles. The summed E-state index contributed by atoms with van der Waals surface area (Å²) in [5, 5.41) is 1.53. The number of halogens is 2. The maximum absolute atomic E-state index is 11.9. The van der Waals surface area contributed by atoms with Gasteiger partial charge >= 0.3 is 0 Å². The molecule has 1 saturated heterocycles. The maximum atomic E-state index is 11.9. The molecule has 2 rings (SSSR count). The zero-order valence-corrected chi connectivity index (χ0v) is 14.4. The second-order valence-electron chi connectivity index (χ2n) is 3.92. The van der Waals surface area contributed by atoms with E-state index in [1.54, 1.807) is 34.9 Å². The summed E-state index contributed by atoms with van der Waals surface area (Å²) < 4.78 is 0. The number of hydrogen-bond acceptors (Lipinski definition) is 2. The van der Waals surface area contributed by atoms with Crippen LogP contribution in [0.5, 0.6) is 0 Å². The molecule has 0 N–H and O–H groups in total. The van der Waals surface area contributed by atoms with E-state index in [1.807, 2.05) is 13.8 Å². The zero-order valence-electron chi connectivity index (χ0n) is 12.0. The normalized spacial score (nSPS) is 17.9. The van der Waals surface area contributed by atoms with Gasteiger partial charge in [-0.2, -0.15) is 0 Å². The molecule has 20 heavy (non-hydrogen) atoms. The van der Waals surface area contributed by atoms with E-state index in [-0.39, 0.29) is 14.3 Å². The average Bonchev–Trinajstić information content (AvgIpc) is 2.43. The highest BCUT2D eigenvalue weighted by atomic mass is 35.5. The number of anilines is 1. The van der Waals surface area contributed by atoms with E-state index >= 15 is 0 Å². The molecule has 6 heteroatoms. The average molecular weight is 331 g/mol. The lowest BCUT2D eigenvalue weighted by molar-refractivity contribution is -0.116. The molecule has 1 unspecified atom stereocenters. The van der Waals surface area contributed by atoms with Crippen molar-refractivity contribution >= 4 is 55.0 Å². The SMILES string of the molecule is CC.CCC1CN(c2c(Cl)cccc2Cl)C(=O)CS1.[B]. The van der Waals surface area contributed by atoms with Crippen LogP contribution < -0.4 is 4.90 Å². The molecular weight excluding hydrogens is 312 g/mol. The lowest BCUT2D eigenvalue weighted by atomic mass is 10.2. The van der Waals surface area contributed by atoms with E-state index in [0.717, 1.165) is 6.42 Å². The predicted octanol–water partition coefficient (Wildman–Crippen LogP) is 4.50. The summed E-state index contributed by atoms with van der Waals surface area (Å²) in [5.41, 5.74) is 0.652. The van der Waals surface area contributed by atoms with Gasteiger partial charge in [0, 0.05) is 20.2 Å². The number of carbonyl (C=O) groups is 1. The van der Waals surface area contributed by atoms with Gasteiger partial charge in [-0.15, -0.1) is 11.8 Å². The van der Waals surface area contributed by atoms with Gasteiger partial charge in [0.1, 0.15) is 0 Å². The number of hydrogen-bond donors (Lipinski definition) is 0. The van der Waals surface area contributed by atoms with Crippen molar-refractivity contribution in [3.05, 3.63) is 28.2 Å².